The Morgan fingerprint density at radius 2 is 1.62 bits per heavy atom. The van der Waals surface area contributed by atoms with Crippen LogP contribution in [0.2, 0.25) is 0 Å². The fourth-order valence-corrected chi connectivity index (χ4v) is 6.59. The molecule has 0 aliphatic rings. The van der Waals surface area contributed by atoms with Gasteiger partial charge in [0.05, 0.1) is 22.8 Å². The standard InChI is InChI=1S/C28H37N3O6S2/c1-5-9-18-30(19-10-6-2)39(34,35)22-16-14-21(15-17-22)27(33)29-28-31(20-25(32)37-8-4)26-23(36-7-3)12-11-13-24(26)38-28/h11-17H,5-10,18-20H2,1-4H3. The van der Waals surface area contributed by atoms with E-state index in [1.165, 1.54) is 39.9 Å². The third kappa shape index (κ3) is 7.55. The Balaban J connectivity index is 1.98. The number of fused-ring (bicyclic) bond motifs is 1. The van der Waals surface area contributed by atoms with Crippen molar-refractivity contribution in [1.82, 2.24) is 8.87 Å². The summed E-state index contributed by atoms with van der Waals surface area (Å²) in [5.41, 5.74) is 0.900. The molecule has 0 bridgehead atoms. The van der Waals surface area contributed by atoms with Gasteiger partial charge in [0.15, 0.2) is 4.80 Å². The van der Waals surface area contributed by atoms with Gasteiger partial charge in [-0.2, -0.15) is 9.30 Å². The topological polar surface area (TPSA) is 107 Å². The third-order valence-electron chi connectivity index (χ3n) is 6.01. The summed E-state index contributed by atoms with van der Waals surface area (Å²) in [6, 6.07) is 11.4. The van der Waals surface area contributed by atoms with Crippen molar-refractivity contribution in [3.05, 3.63) is 52.8 Å². The van der Waals surface area contributed by atoms with Gasteiger partial charge in [-0.25, -0.2) is 8.42 Å². The van der Waals surface area contributed by atoms with E-state index in [0.717, 1.165) is 30.4 Å². The van der Waals surface area contributed by atoms with Crippen molar-refractivity contribution in [3.63, 3.8) is 0 Å². The molecule has 0 unspecified atom stereocenters. The summed E-state index contributed by atoms with van der Waals surface area (Å²) in [4.78, 5) is 30.3. The van der Waals surface area contributed by atoms with Gasteiger partial charge in [-0.15, -0.1) is 0 Å². The maximum atomic E-state index is 13.3. The van der Waals surface area contributed by atoms with Crippen LogP contribution in [0, 0.1) is 0 Å². The van der Waals surface area contributed by atoms with Crippen LogP contribution in [0.1, 0.15) is 63.7 Å². The summed E-state index contributed by atoms with van der Waals surface area (Å²) in [6.45, 7) is 9.11. The first kappa shape index (κ1) is 30.5. The highest BCUT2D eigenvalue weighted by Crippen LogP contribution is 2.28. The van der Waals surface area contributed by atoms with Gasteiger partial charge in [0, 0.05) is 18.7 Å². The van der Waals surface area contributed by atoms with Crippen LogP contribution in [0.3, 0.4) is 0 Å². The first-order chi connectivity index (χ1) is 18.8. The molecule has 0 atom stereocenters. The molecule has 3 aromatic rings. The molecule has 0 radical (unpaired) electrons. The van der Waals surface area contributed by atoms with Crippen LogP contribution in [-0.4, -0.2) is 55.5 Å². The molecule has 0 saturated heterocycles. The minimum atomic E-state index is -3.68. The highest BCUT2D eigenvalue weighted by molar-refractivity contribution is 7.89. The van der Waals surface area contributed by atoms with Crippen molar-refractivity contribution in [1.29, 1.82) is 0 Å². The molecule has 11 heteroatoms. The van der Waals surface area contributed by atoms with Gasteiger partial charge in [0.2, 0.25) is 10.0 Å². The third-order valence-corrected chi connectivity index (χ3v) is 8.97. The van der Waals surface area contributed by atoms with E-state index >= 15 is 0 Å². The number of amides is 1. The van der Waals surface area contributed by atoms with E-state index in [4.69, 9.17) is 9.47 Å². The fourth-order valence-electron chi connectivity index (χ4n) is 4.03. The van der Waals surface area contributed by atoms with Crippen LogP contribution >= 0.6 is 11.3 Å². The molecule has 0 aliphatic heterocycles. The summed E-state index contributed by atoms with van der Waals surface area (Å²) in [6.07, 6.45) is 3.36. The van der Waals surface area contributed by atoms with E-state index in [-0.39, 0.29) is 23.6 Å². The number of thiazole rings is 1. The van der Waals surface area contributed by atoms with E-state index in [0.29, 0.717) is 35.8 Å². The maximum absolute atomic E-state index is 13.3. The molecule has 1 amide bonds. The number of carbonyl (C=O) groups excluding carboxylic acids is 2. The molecule has 1 heterocycles. The predicted molar refractivity (Wildman–Crippen MR) is 153 cm³/mol. The zero-order valence-corrected chi connectivity index (χ0v) is 24.6. The van der Waals surface area contributed by atoms with Gasteiger partial charge < -0.3 is 14.0 Å². The number of nitrogens with zero attached hydrogens (tertiary/aromatic N) is 3. The van der Waals surface area contributed by atoms with Gasteiger partial charge in [0.1, 0.15) is 17.8 Å². The zero-order chi connectivity index (χ0) is 28.4. The Morgan fingerprint density at radius 3 is 2.21 bits per heavy atom. The molecule has 0 spiro atoms. The highest BCUT2D eigenvalue weighted by atomic mass is 32.2. The first-order valence-electron chi connectivity index (χ1n) is 13.4. The Bertz CT molecular complexity index is 1430. The number of esters is 1. The van der Waals surface area contributed by atoms with Gasteiger partial charge in [-0.05, 0) is 63.1 Å². The van der Waals surface area contributed by atoms with Crippen molar-refractivity contribution in [2.45, 2.75) is 64.8 Å². The molecule has 9 nitrogen and oxygen atoms in total. The van der Waals surface area contributed by atoms with Gasteiger partial charge in [-0.1, -0.05) is 44.1 Å². The minimum absolute atomic E-state index is 0.132. The molecule has 2 aromatic carbocycles. The van der Waals surface area contributed by atoms with Crippen LogP contribution in [0.5, 0.6) is 5.75 Å². The Hall–Kier alpha value is -3.02. The Kier molecular flexibility index (Phi) is 11.3. The number of para-hydroxylation sites is 1. The number of hydrogen-bond donors (Lipinski definition) is 0. The SMILES string of the molecule is CCCCN(CCCC)S(=O)(=O)c1ccc(C(=O)N=c2sc3cccc(OCC)c3n2CC(=O)OCC)cc1. The lowest BCUT2D eigenvalue weighted by Gasteiger charge is -2.22. The predicted octanol–water partition coefficient (Wildman–Crippen LogP) is 5.00. The minimum Gasteiger partial charge on any atom is -0.492 e. The van der Waals surface area contributed by atoms with Gasteiger partial charge in [0.25, 0.3) is 5.91 Å². The number of unbranched alkanes of at least 4 members (excludes halogenated alkanes) is 2. The average molecular weight is 576 g/mol. The Morgan fingerprint density at radius 1 is 0.949 bits per heavy atom. The second-order valence-electron chi connectivity index (χ2n) is 8.86. The lowest BCUT2D eigenvalue weighted by molar-refractivity contribution is -0.143. The molecule has 39 heavy (non-hydrogen) atoms. The average Bonchev–Trinajstić information content (AvgIpc) is 3.26. The summed E-state index contributed by atoms with van der Waals surface area (Å²) in [5.74, 6) is -0.424. The lowest BCUT2D eigenvalue weighted by atomic mass is 10.2. The molecule has 0 saturated carbocycles. The van der Waals surface area contributed by atoms with Gasteiger partial charge in [-0.3, -0.25) is 9.59 Å². The monoisotopic (exact) mass is 575 g/mol. The van der Waals surface area contributed by atoms with E-state index < -0.39 is 21.9 Å². The summed E-state index contributed by atoms with van der Waals surface area (Å²) in [7, 11) is -3.68. The maximum Gasteiger partial charge on any atom is 0.326 e. The van der Waals surface area contributed by atoms with Crippen molar-refractivity contribution in [2.24, 2.45) is 4.99 Å². The lowest BCUT2D eigenvalue weighted by Crippen LogP contribution is -2.33. The normalized spacial score (nSPS) is 12.3. The molecular formula is C28H37N3O6S2. The molecule has 3 rings (SSSR count). The Labute approximate surface area is 234 Å². The first-order valence-corrected chi connectivity index (χ1v) is 15.6. The van der Waals surface area contributed by atoms with Crippen molar-refractivity contribution in [2.75, 3.05) is 26.3 Å². The summed E-state index contributed by atoms with van der Waals surface area (Å²) < 4.78 is 41.4. The van der Waals surface area contributed by atoms with E-state index in [9.17, 15) is 18.0 Å². The highest BCUT2D eigenvalue weighted by Gasteiger charge is 2.24. The molecule has 1 aromatic heterocycles. The van der Waals surface area contributed by atoms with E-state index in [1.807, 2.05) is 32.9 Å². The van der Waals surface area contributed by atoms with Crippen LogP contribution in [0.4, 0.5) is 0 Å². The molecular weight excluding hydrogens is 538 g/mol. The summed E-state index contributed by atoms with van der Waals surface area (Å²) >= 11 is 1.26. The van der Waals surface area contributed by atoms with Crippen LogP contribution < -0.4 is 9.54 Å². The van der Waals surface area contributed by atoms with Crippen molar-refractivity contribution >= 4 is 43.5 Å². The second kappa shape index (κ2) is 14.4. The number of sulfonamides is 1. The summed E-state index contributed by atoms with van der Waals surface area (Å²) in [5, 5.41) is 0. The van der Waals surface area contributed by atoms with Gasteiger partial charge >= 0.3 is 5.97 Å². The smallest absolute Gasteiger partial charge is 0.326 e. The van der Waals surface area contributed by atoms with E-state index in [1.54, 1.807) is 17.6 Å². The number of benzene rings is 2. The number of hydrogen-bond acceptors (Lipinski definition) is 7. The molecule has 0 fully saturated rings. The molecule has 0 aliphatic carbocycles. The van der Waals surface area contributed by atoms with Crippen molar-refractivity contribution < 1.29 is 27.5 Å². The van der Waals surface area contributed by atoms with Crippen LogP contribution in [-0.2, 0) is 26.1 Å². The largest absolute Gasteiger partial charge is 0.492 e. The number of carbonyl (C=O) groups is 2. The van der Waals surface area contributed by atoms with Crippen LogP contribution in [0.15, 0.2) is 52.4 Å². The molecule has 0 N–H and O–H groups in total. The van der Waals surface area contributed by atoms with Crippen LogP contribution in [0.25, 0.3) is 10.2 Å². The van der Waals surface area contributed by atoms with E-state index in [2.05, 4.69) is 4.99 Å². The number of rotatable bonds is 14. The number of aromatic nitrogens is 1. The van der Waals surface area contributed by atoms with Crippen molar-refractivity contribution in [3.8, 4) is 5.75 Å². The fraction of sp³-hybridized carbons (Fsp3) is 0.464. The quantitative estimate of drug-likeness (QED) is 0.251. The molecule has 212 valence electrons. The second-order valence-corrected chi connectivity index (χ2v) is 11.8. The number of ether oxygens (including phenoxy) is 2. The zero-order valence-electron chi connectivity index (χ0n) is 23.0.